The zero-order chi connectivity index (χ0) is 21.1. The van der Waals surface area contributed by atoms with Crippen molar-refractivity contribution < 1.29 is 14.1 Å². The Labute approximate surface area is 177 Å². The van der Waals surface area contributed by atoms with Crippen molar-refractivity contribution in [1.82, 2.24) is 20.4 Å². The Kier molecular flexibility index (Phi) is 6.16. The largest absolute Gasteiger partial charge is 0.352 e. The molecule has 0 aliphatic heterocycles. The molecule has 0 unspecified atom stereocenters. The van der Waals surface area contributed by atoms with Gasteiger partial charge in [0.05, 0.1) is 5.92 Å². The topological polar surface area (TPSA) is 88.3 Å². The summed E-state index contributed by atoms with van der Waals surface area (Å²) in [6, 6.07) is 9.50. The van der Waals surface area contributed by atoms with Crippen molar-refractivity contribution in [2.24, 2.45) is 11.8 Å². The van der Waals surface area contributed by atoms with Crippen LogP contribution in [0.3, 0.4) is 0 Å². The number of aromatic nitrogens is 2. The number of amides is 2. The van der Waals surface area contributed by atoms with Gasteiger partial charge in [0.2, 0.25) is 23.5 Å². The number of hydrogen-bond donors (Lipinski definition) is 1. The quantitative estimate of drug-likeness (QED) is 0.816. The van der Waals surface area contributed by atoms with Crippen LogP contribution in [0.1, 0.15) is 56.8 Å². The smallest absolute Gasteiger partial charge is 0.232 e. The molecule has 1 aromatic carbocycles. The van der Waals surface area contributed by atoms with E-state index in [0.29, 0.717) is 24.6 Å². The lowest BCUT2D eigenvalue weighted by molar-refractivity contribution is -0.133. The Morgan fingerprint density at radius 3 is 2.47 bits per heavy atom. The van der Waals surface area contributed by atoms with E-state index in [4.69, 9.17) is 4.52 Å². The number of hydrogen-bond acceptors (Lipinski definition) is 5. The number of rotatable bonds is 5. The van der Waals surface area contributed by atoms with Crippen molar-refractivity contribution in [3.8, 4) is 11.4 Å². The summed E-state index contributed by atoms with van der Waals surface area (Å²) in [4.78, 5) is 31.8. The Balaban J connectivity index is 1.54. The molecule has 2 saturated carbocycles. The standard InChI is InChI=1S/C23H30N4O3/c1-27(2)23(29)17-13-18(19(14-17)24-21(28)16-11-7-4-8-12-16)22-25-20(26-30-22)15-9-5-3-6-10-15/h3,5-6,9-10,16-19H,4,7-8,11-14H2,1-2H3,(H,24,28)/t17-,18-,19+/m1/s1. The summed E-state index contributed by atoms with van der Waals surface area (Å²) >= 11 is 0. The monoisotopic (exact) mass is 410 g/mol. The third kappa shape index (κ3) is 4.40. The van der Waals surface area contributed by atoms with Gasteiger partial charge in [0, 0.05) is 37.5 Å². The van der Waals surface area contributed by atoms with Gasteiger partial charge in [-0.1, -0.05) is 54.8 Å². The van der Waals surface area contributed by atoms with E-state index >= 15 is 0 Å². The molecule has 1 N–H and O–H groups in total. The van der Waals surface area contributed by atoms with Gasteiger partial charge in [0.15, 0.2) is 0 Å². The van der Waals surface area contributed by atoms with E-state index < -0.39 is 0 Å². The molecular weight excluding hydrogens is 380 g/mol. The Bertz CT molecular complexity index is 874. The highest BCUT2D eigenvalue weighted by Crippen LogP contribution is 2.39. The van der Waals surface area contributed by atoms with Crippen LogP contribution in [0.15, 0.2) is 34.9 Å². The fraction of sp³-hybridized carbons (Fsp3) is 0.565. The molecule has 2 aliphatic carbocycles. The van der Waals surface area contributed by atoms with Crippen LogP contribution in [-0.2, 0) is 9.59 Å². The van der Waals surface area contributed by atoms with Crippen molar-refractivity contribution in [3.05, 3.63) is 36.2 Å². The predicted molar refractivity (Wildman–Crippen MR) is 112 cm³/mol. The lowest BCUT2D eigenvalue weighted by Gasteiger charge is -2.25. The first-order valence-electron chi connectivity index (χ1n) is 10.9. The molecule has 2 amide bonds. The molecule has 4 rings (SSSR count). The van der Waals surface area contributed by atoms with Crippen LogP contribution >= 0.6 is 0 Å². The van der Waals surface area contributed by atoms with Crippen LogP contribution < -0.4 is 5.32 Å². The molecule has 2 aliphatic rings. The summed E-state index contributed by atoms with van der Waals surface area (Å²) in [5.74, 6) is 0.973. The second kappa shape index (κ2) is 8.98. The first-order valence-corrected chi connectivity index (χ1v) is 10.9. The van der Waals surface area contributed by atoms with E-state index in [2.05, 4.69) is 15.5 Å². The summed E-state index contributed by atoms with van der Waals surface area (Å²) in [6.45, 7) is 0. The molecule has 1 heterocycles. The molecular formula is C23H30N4O3. The summed E-state index contributed by atoms with van der Waals surface area (Å²) in [6.07, 6.45) is 6.52. The first-order chi connectivity index (χ1) is 14.5. The third-order valence-corrected chi connectivity index (χ3v) is 6.45. The highest BCUT2D eigenvalue weighted by Gasteiger charge is 2.43. The highest BCUT2D eigenvalue weighted by atomic mass is 16.5. The fourth-order valence-electron chi connectivity index (χ4n) is 4.79. The number of nitrogens with zero attached hydrogens (tertiary/aromatic N) is 3. The summed E-state index contributed by atoms with van der Waals surface area (Å²) in [7, 11) is 3.54. The molecule has 1 aromatic heterocycles. The van der Waals surface area contributed by atoms with Gasteiger partial charge >= 0.3 is 0 Å². The van der Waals surface area contributed by atoms with E-state index in [1.165, 1.54) is 6.42 Å². The molecule has 0 saturated heterocycles. The molecule has 0 radical (unpaired) electrons. The molecule has 3 atom stereocenters. The second-order valence-corrected chi connectivity index (χ2v) is 8.78. The number of nitrogens with one attached hydrogen (secondary N) is 1. The fourth-order valence-corrected chi connectivity index (χ4v) is 4.79. The van der Waals surface area contributed by atoms with Gasteiger partial charge in [-0.25, -0.2) is 0 Å². The van der Waals surface area contributed by atoms with Crippen molar-refractivity contribution in [2.45, 2.75) is 56.9 Å². The van der Waals surface area contributed by atoms with Gasteiger partial charge in [-0.3, -0.25) is 9.59 Å². The Morgan fingerprint density at radius 1 is 1.03 bits per heavy atom. The summed E-state index contributed by atoms with van der Waals surface area (Å²) in [5, 5.41) is 7.38. The Morgan fingerprint density at radius 2 is 1.77 bits per heavy atom. The SMILES string of the molecule is CN(C)C(=O)[C@H]1C[C@H](NC(=O)C2CCCCC2)[C@H](c2nc(-c3ccccc3)no2)C1. The van der Waals surface area contributed by atoms with Crippen LogP contribution in [0.25, 0.3) is 11.4 Å². The van der Waals surface area contributed by atoms with E-state index in [9.17, 15) is 9.59 Å². The minimum absolute atomic E-state index is 0.0746. The minimum Gasteiger partial charge on any atom is -0.352 e. The zero-order valence-corrected chi connectivity index (χ0v) is 17.7. The normalized spacial score (nSPS) is 24.5. The van der Waals surface area contributed by atoms with E-state index in [1.54, 1.807) is 19.0 Å². The molecule has 2 fully saturated rings. The lowest BCUT2D eigenvalue weighted by atomic mass is 9.88. The molecule has 160 valence electrons. The van der Waals surface area contributed by atoms with Gasteiger partial charge in [-0.2, -0.15) is 4.98 Å². The van der Waals surface area contributed by atoms with Crippen LogP contribution in [0.4, 0.5) is 0 Å². The molecule has 2 aromatic rings. The molecule has 0 bridgehead atoms. The summed E-state index contributed by atoms with van der Waals surface area (Å²) in [5.41, 5.74) is 0.884. The van der Waals surface area contributed by atoms with Gasteiger partial charge in [0.25, 0.3) is 0 Å². The van der Waals surface area contributed by atoms with E-state index in [0.717, 1.165) is 31.2 Å². The molecule has 7 nitrogen and oxygen atoms in total. The van der Waals surface area contributed by atoms with Crippen LogP contribution in [0.5, 0.6) is 0 Å². The van der Waals surface area contributed by atoms with Gasteiger partial charge in [-0.05, 0) is 25.7 Å². The van der Waals surface area contributed by atoms with Gasteiger partial charge in [-0.15, -0.1) is 0 Å². The van der Waals surface area contributed by atoms with Crippen molar-refractivity contribution >= 4 is 11.8 Å². The van der Waals surface area contributed by atoms with Crippen molar-refractivity contribution in [3.63, 3.8) is 0 Å². The number of carbonyl (C=O) groups is 2. The summed E-state index contributed by atoms with van der Waals surface area (Å²) < 4.78 is 5.61. The van der Waals surface area contributed by atoms with Crippen molar-refractivity contribution in [2.75, 3.05) is 14.1 Å². The maximum atomic E-state index is 12.9. The van der Waals surface area contributed by atoms with E-state index in [-0.39, 0.29) is 35.6 Å². The van der Waals surface area contributed by atoms with Crippen LogP contribution in [-0.4, -0.2) is 47.0 Å². The second-order valence-electron chi connectivity index (χ2n) is 8.78. The predicted octanol–water partition coefficient (Wildman–Crippen LogP) is 3.38. The van der Waals surface area contributed by atoms with E-state index in [1.807, 2.05) is 30.3 Å². The van der Waals surface area contributed by atoms with Gasteiger partial charge < -0.3 is 14.7 Å². The maximum absolute atomic E-state index is 12.9. The highest BCUT2D eigenvalue weighted by molar-refractivity contribution is 5.81. The minimum atomic E-state index is -0.169. The number of benzene rings is 1. The van der Waals surface area contributed by atoms with Gasteiger partial charge in [0.1, 0.15) is 0 Å². The Hall–Kier alpha value is -2.70. The average Bonchev–Trinajstić information content (AvgIpc) is 3.41. The van der Waals surface area contributed by atoms with Crippen molar-refractivity contribution in [1.29, 1.82) is 0 Å². The molecule has 30 heavy (non-hydrogen) atoms. The molecule has 0 spiro atoms. The maximum Gasteiger partial charge on any atom is 0.232 e. The zero-order valence-electron chi connectivity index (χ0n) is 17.7. The van der Waals surface area contributed by atoms with Crippen LogP contribution in [0.2, 0.25) is 0 Å². The lowest BCUT2D eigenvalue weighted by Crippen LogP contribution is -2.41. The molecule has 7 heteroatoms. The average molecular weight is 411 g/mol. The first kappa shape index (κ1) is 20.6. The van der Waals surface area contributed by atoms with Crippen LogP contribution in [0, 0.1) is 11.8 Å². The third-order valence-electron chi connectivity index (χ3n) is 6.45. The number of carbonyl (C=O) groups excluding carboxylic acids is 2.